The van der Waals surface area contributed by atoms with Gasteiger partial charge in [-0.1, -0.05) is 0 Å². The van der Waals surface area contributed by atoms with Gasteiger partial charge in [-0.25, -0.2) is 8.42 Å². The van der Waals surface area contributed by atoms with Crippen molar-refractivity contribution in [1.29, 1.82) is 0 Å². The van der Waals surface area contributed by atoms with Gasteiger partial charge in [0, 0.05) is 13.2 Å². The van der Waals surface area contributed by atoms with E-state index in [1.807, 2.05) is 0 Å². The van der Waals surface area contributed by atoms with Crippen molar-refractivity contribution in [3.8, 4) is 0 Å². The maximum absolute atomic E-state index is 10.8. The first-order chi connectivity index (χ1) is 6.97. The van der Waals surface area contributed by atoms with Crippen LogP contribution in [0, 0.1) is 6.92 Å². The first-order valence-electron chi connectivity index (χ1n) is 4.65. The van der Waals surface area contributed by atoms with Crippen LogP contribution in [0.1, 0.15) is 18.2 Å². The topological polar surface area (TPSA) is 85.1 Å². The van der Waals surface area contributed by atoms with Crippen LogP contribution in [-0.4, -0.2) is 37.2 Å². The number of hydrogen-bond donors (Lipinski definition) is 1. The lowest BCUT2D eigenvalue weighted by molar-refractivity contribution is 0.447. The molecule has 0 spiro atoms. The molecule has 0 aromatic carbocycles. The average Bonchev–Trinajstić information content (AvgIpc) is 2.49. The van der Waals surface area contributed by atoms with Gasteiger partial charge in [-0.05, 0) is 13.0 Å². The quantitative estimate of drug-likeness (QED) is 0.691. The largest absolute Gasteiger partial charge is 0.424 e. The van der Waals surface area contributed by atoms with E-state index in [1.165, 1.54) is 6.26 Å². The highest BCUT2D eigenvalue weighted by Gasteiger charge is 2.03. The van der Waals surface area contributed by atoms with Gasteiger partial charge in [-0.2, -0.15) is 0 Å². The fourth-order valence-corrected chi connectivity index (χ4v) is 1.73. The molecule has 0 bridgehead atoms. The molecular formula is C8H15N3O3S. The lowest BCUT2D eigenvalue weighted by atomic mass is 10.5. The van der Waals surface area contributed by atoms with Gasteiger partial charge in [0.2, 0.25) is 11.8 Å². The molecule has 0 radical (unpaired) electrons. The van der Waals surface area contributed by atoms with E-state index in [0.29, 0.717) is 31.3 Å². The first kappa shape index (κ1) is 12.1. The zero-order valence-electron chi connectivity index (χ0n) is 8.86. The predicted molar refractivity (Wildman–Crippen MR) is 55.1 cm³/mol. The van der Waals surface area contributed by atoms with Gasteiger partial charge in [0.1, 0.15) is 9.84 Å². The number of aromatic nitrogens is 2. The normalized spacial score (nSPS) is 11.9. The third kappa shape index (κ3) is 5.48. The molecule has 1 aromatic rings. The number of rotatable bonds is 6. The predicted octanol–water partition coefficient (Wildman–Crippen LogP) is -0.0977. The molecule has 0 aliphatic heterocycles. The van der Waals surface area contributed by atoms with Gasteiger partial charge in [-0.3, -0.25) is 0 Å². The van der Waals surface area contributed by atoms with Gasteiger partial charge in [0.15, 0.2) is 0 Å². The molecule has 0 saturated carbocycles. The van der Waals surface area contributed by atoms with Crippen molar-refractivity contribution in [2.45, 2.75) is 19.9 Å². The van der Waals surface area contributed by atoms with Crippen molar-refractivity contribution in [3.63, 3.8) is 0 Å². The standard InChI is InChI=1S/C8H15N3O3S/c1-7-10-11-8(14-7)6-9-4-3-5-15(2,12)13/h9H,3-6H2,1-2H3. The maximum atomic E-state index is 10.8. The monoisotopic (exact) mass is 233 g/mol. The third-order valence-electron chi connectivity index (χ3n) is 1.71. The fraction of sp³-hybridized carbons (Fsp3) is 0.750. The lowest BCUT2D eigenvalue weighted by Gasteiger charge is -2.00. The Balaban J connectivity index is 2.12. The number of nitrogens with one attached hydrogen (secondary N) is 1. The Bertz CT molecular complexity index is 399. The summed E-state index contributed by atoms with van der Waals surface area (Å²) in [5.41, 5.74) is 0. The number of sulfone groups is 1. The summed E-state index contributed by atoms with van der Waals surface area (Å²) in [6, 6.07) is 0. The van der Waals surface area contributed by atoms with Crippen LogP contribution in [0.25, 0.3) is 0 Å². The highest BCUT2D eigenvalue weighted by molar-refractivity contribution is 7.90. The number of hydrogen-bond acceptors (Lipinski definition) is 6. The first-order valence-corrected chi connectivity index (χ1v) is 6.71. The van der Waals surface area contributed by atoms with Crippen LogP contribution in [0.2, 0.25) is 0 Å². The van der Waals surface area contributed by atoms with E-state index in [4.69, 9.17) is 4.42 Å². The molecule has 1 N–H and O–H groups in total. The second kappa shape index (κ2) is 5.22. The molecule has 1 aromatic heterocycles. The lowest BCUT2D eigenvalue weighted by Crippen LogP contribution is -2.18. The molecule has 1 rings (SSSR count). The van der Waals surface area contributed by atoms with Crippen molar-refractivity contribution >= 4 is 9.84 Å². The molecule has 0 aliphatic rings. The Morgan fingerprint density at radius 3 is 2.67 bits per heavy atom. The molecule has 6 nitrogen and oxygen atoms in total. The van der Waals surface area contributed by atoms with E-state index in [2.05, 4.69) is 15.5 Å². The van der Waals surface area contributed by atoms with Crippen molar-refractivity contribution in [2.24, 2.45) is 0 Å². The minimum atomic E-state index is -2.86. The SMILES string of the molecule is Cc1nnc(CNCCCS(C)(=O)=O)o1. The Morgan fingerprint density at radius 1 is 1.40 bits per heavy atom. The van der Waals surface area contributed by atoms with Crippen LogP contribution < -0.4 is 5.32 Å². The van der Waals surface area contributed by atoms with Crippen LogP contribution >= 0.6 is 0 Å². The highest BCUT2D eigenvalue weighted by Crippen LogP contribution is 1.96. The van der Waals surface area contributed by atoms with Crippen LogP contribution in [0.3, 0.4) is 0 Å². The second-order valence-electron chi connectivity index (χ2n) is 3.38. The smallest absolute Gasteiger partial charge is 0.230 e. The van der Waals surface area contributed by atoms with Gasteiger partial charge in [-0.15, -0.1) is 10.2 Å². The van der Waals surface area contributed by atoms with Crippen LogP contribution in [0.15, 0.2) is 4.42 Å². The van der Waals surface area contributed by atoms with E-state index >= 15 is 0 Å². The van der Waals surface area contributed by atoms with Gasteiger partial charge in [0.25, 0.3) is 0 Å². The highest BCUT2D eigenvalue weighted by atomic mass is 32.2. The van der Waals surface area contributed by atoms with Crippen LogP contribution in [0.5, 0.6) is 0 Å². The summed E-state index contributed by atoms with van der Waals surface area (Å²) in [5, 5.41) is 10.5. The van der Waals surface area contributed by atoms with E-state index in [1.54, 1.807) is 6.92 Å². The molecule has 15 heavy (non-hydrogen) atoms. The number of nitrogens with zero attached hydrogens (tertiary/aromatic N) is 2. The van der Waals surface area contributed by atoms with Crippen molar-refractivity contribution in [2.75, 3.05) is 18.6 Å². The molecular weight excluding hydrogens is 218 g/mol. The molecule has 0 atom stereocenters. The Labute approximate surface area is 89.0 Å². The van der Waals surface area contributed by atoms with Crippen LogP contribution in [-0.2, 0) is 16.4 Å². The summed E-state index contributed by atoms with van der Waals surface area (Å²) in [5.74, 6) is 1.25. The molecule has 7 heteroatoms. The number of aryl methyl sites for hydroxylation is 1. The van der Waals surface area contributed by atoms with Crippen molar-refractivity contribution in [3.05, 3.63) is 11.8 Å². The summed E-state index contributed by atoms with van der Waals surface area (Å²) < 4.78 is 26.7. The molecule has 0 saturated heterocycles. The molecule has 0 unspecified atom stereocenters. The summed E-state index contributed by atoms with van der Waals surface area (Å²) >= 11 is 0. The van der Waals surface area contributed by atoms with Gasteiger partial charge >= 0.3 is 0 Å². The Kier molecular flexibility index (Phi) is 4.22. The second-order valence-corrected chi connectivity index (χ2v) is 5.63. The summed E-state index contributed by atoms with van der Waals surface area (Å²) in [7, 11) is -2.86. The van der Waals surface area contributed by atoms with Crippen LogP contribution in [0.4, 0.5) is 0 Å². The molecule has 1 heterocycles. The van der Waals surface area contributed by atoms with Gasteiger partial charge < -0.3 is 9.73 Å². The molecule has 0 amide bonds. The third-order valence-corrected chi connectivity index (χ3v) is 2.74. The fourth-order valence-electron chi connectivity index (χ4n) is 1.06. The van der Waals surface area contributed by atoms with E-state index in [-0.39, 0.29) is 5.75 Å². The Morgan fingerprint density at radius 2 is 2.13 bits per heavy atom. The molecule has 86 valence electrons. The summed E-state index contributed by atoms with van der Waals surface area (Å²) in [6.45, 7) is 2.82. The molecule has 0 aliphatic carbocycles. The average molecular weight is 233 g/mol. The van der Waals surface area contributed by atoms with E-state index in [0.717, 1.165) is 0 Å². The minimum Gasteiger partial charge on any atom is -0.424 e. The zero-order chi connectivity index (χ0) is 11.3. The summed E-state index contributed by atoms with van der Waals surface area (Å²) in [6.07, 6.45) is 1.82. The van der Waals surface area contributed by atoms with E-state index in [9.17, 15) is 8.42 Å². The summed E-state index contributed by atoms with van der Waals surface area (Å²) in [4.78, 5) is 0. The zero-order valence-corrected chi connectivity index (χ0v) is 9.67. The van der Waals surface area contributed by atoms with Crippen molar-refractivity contribution < 1.29 is 12.8 Å². The van der Waals surface area contributed by atoms with Crippen molar-refractivity contribution in [1.82, 2.24) is 15.5 Å². The minimum absolute atomic E-state index is 0.197. The maximum Gasteiger partial charge on any atom is 0.230 e. The van der Waals surface area contributed by atoms with E-state index < -0.39 is 9.84 Å². The van der Waals surface area contributed by atoms with Gasteiger partial charge in [0.05, 0.1) is 12.3 Å². The Hall–Kier alpha value is -0.950. The molecule has 0 fully saturated rings.